The molecule has 0 aromatic heterocycles. The minimum Gasteiger partial charge on any atom is -0.497 e. The number of hydrogen-bond donors (Lipinski definition) is 1. The average molecular weight is 415 g/mol. The third-order valence-corrected chi connectivity index (χ3v) is 7.69. The fraction of sp³-hybridized carbons (Fsp3) is 0.370. The molecule has 2 aromatic rings. The first-order valence-corrected chi connectivity index (χ1v) is 11.2. The van der Waals surface area contributed by atoms with Gasteiger partial charge in [0.05, 0.1) is 13.2 Å². The van der Waals surface area contributed by atoms with Crippen LogP contribution in [0, 0.1) is 17.3 Å². The zero-order valence-electron chi connectivity index (χ0n) is 18.4. The third kappa shape index (κ3) is 3.16. The van der Waals surface area contributed by atoms with Gasteiger partial charge in [0, 0.05) is 23.9 Å². The van der Waals surface area contributed by atoms with Crippen molar-refractivity contribution in [2.75, 3.05) is 13.7 Å². The lowest BCUT2D eigenvalue weighted by Crippen LogP contribution is -2.46. The highest BCUT2D eigenvalue weighted by Crippen LogP contribution is 2.59. The summed E-state index contributed by atoms with van der Waals surface area (Å²) in [7, 11) is 1.70. The van der Waals surface area contributed by atoms with E-state index < -0.39 is 0 Å². The van der Waals surface area contributed by atoms with Gasteiger partial charge in [-0.2, -0.15) is 0 Å². The van der Waals surface area contributed by atoms with E-state index in [9.17, 15) is 4.79 Å². The van der Waals surface area contributed by atoms with Gasteiger partial charge in [-0.3, -0.25) is 0 Å². The number of nitrogens with zero attached hydrogens (tertiary/aromatic N) is 1. The lowest BCUT2D eigenvalue weighted by Gasteiger charge is -2.47. The number of methoxy groups -OCH3 is 1. The van der Waals surface area contributed by atoms with Crippen LogP contribution in [0.1, 0.15) is 36.9 Å². The molecule has 0 radical (unpaired) electrons. The quantitative estimate of drug-likeness (QED) is 0.689. The van der Waals surface area contributed by atoms with Crippen LogP contribution >= 0.6 is 0 Å². The van der Waals surface area contributed by atoms with Crippen LogP contribution < -0.4 is 10.1 Å². The van der Waals surface area contributed by atoms with Crippen molar-refractivity contribution in [3.8, 4) is 5.75 Å². The summed E-state index contributed by atoms with van der Waals surface area (Å²) in [5, 5.41) is 3.23. The molecule has 4 aliphatic rings. The number of likely N-dealkylation sites (tertiary alicyclic amines) is 1. The second kappa shape index (κ2) is 7.60. The molecular formula is C27H30N2O2. The van der Waals surface area contributed by atoms with Crippen molar-refractivity contribution in [3.05, 3.63) is 90.0 Å². The van der Waals surface area contributed by atoms with Gasteiger partial charge in [0.2, 0.25) is 0 Å². The first-order chi connectivity index (χ1) is 15.0. The van der Waals surface area contributed by atoms with Gasteiger partial charge in [-0.25, -0.2) is 4.79 Å². The van der Waals surface area contributed by atoms with Gasteiger partial charge in [0.15, 0.2) is 0 Å². The molecule has 1 heterocycles. The van der Waals surface area contributed by atoms with E-state index >= 15 is 0 Å². The number of amides is 2. The Labute approximate surface area is 184 Å². The van der Waals surface area contributed by atoms with Crippen LogP contribution in [0.15, 0.2) is 78.9 Å². The Balaban J connectivity index is 1.40. The molecule has 31 heavy (non-hydrogen) atoms. The van der Waals surface area contributed by atoms with E-state index in [-0.39, 0.29) is 23.5 Å². The number of allylic oxidation sites excluding steroid dienone is 2. The summed E-state index contributed by atoms with van der Waals surface area (Å²) < 4.78 is 5.35. The van der Waals surface area contributed by atoms with E-state index in [1.54, 1.807) is 7.11 Å². The molecule has 0 unspecified atom stereocenters. The molecule has 2 amide bonds. The van der Waals surface area contributed by atoms with Crippen LogP contribution in [0.25, 0.3) is 0 Å². The monoisotopic (exact) mass is 414 g/mol. The molecule has 4 heteroatoms. The van der Waals surface area contributed by atoms with Gasteiger partial charge < -0.3 is 15.0 Å². The minimum absolute atomic E-state index is 0.0198. The highest BCUT2D eigenvalue weighted by Gasteiger charge is 2.58. The fourth-order valence-electron chi connectivity index (χ4n) is 5.87. The molecular weight excluding hydrogens is 384 g/mol. The molecule has 2 aromatic carbocycles. The van der Waals surface area contributed by atoms with Crippen molar-refractivity contribution in [2.24, 2.45) is 17.3 Å². The Kier molecular flexibility index (Phi) is 4.88. The van der Waals surface area contributed by atoms with Gasteiger partial charge in [0.25, 0.3) is 0 Å². The summed E-state index contributed by atoms with van der Waals surface area (Å²) in [5.74, 6) is 1.99. The smallest absolute Gasteiger partial charge is 0.318 e. The van der Waals surface area contributed by atoms with Gasteiger partial charge in [0.1, 0.15) is 5.75 Å². The van der Waals surface area contributed by atoms with E-state index in [2.05, 4.69) is 60.8 Å². The minimum atomic E-state index is -0.104. The first kappa shape index (κ1) is 19.9. The number of hydrogen-bond acceptors (Lipinski definition) is 2. The number of carbonyl (C=O) groups is 1. The molecule has 1 spiro atoms. The summed E-state index contributed by atoms with van der Waals surface area (Å²) in [6, 6.07) is 18.7. The van der Waals surface area contributed by atoms with Crippen molar-refractivity contribution in [3.63, 3.8) is 0 Å². The molecule has 0 saturated carbocycles. The lowest BCUT2D eigenvalue weighted by atomic mass is 9.56. The Bertz CT molecular complexity index is 997. The van der Waals surface area contributed by atoms with Crippen molar-refractivity contribution >= 4 is 6.03 Å². The van der Waals surface area contributed by atoms with Crippen LogP contribution in [0.3, 0.4) is 0 Å². The SMILES string of the molecule is COc1ccc([C@@H]2C3C=CC4(C=C3)[C@H](C)N(C(=O)N[C@@H](C)c3ccccc3)C[C@@H]24)cc1. The van der Waals surface area contributed by atoms with E-state index in [0.29, 0.717) is 17.8 Å². The zero-order valence-corrected chi connectivity index (χ0v) is 18.4. The van der Waals surface area contributed by atoms with Gasteiger partial charge in [-0.1, -0.05) is 66.8 Å². The maximum Gasteiger partial charge on any atom is 0.318 e. The fourth-order valence-corrected chi connectivity index (χ4v) is 5.87. The average Bonchev–Trinajstić information content (AvgIpc) is 3.12. The molecule has 4 atom stereocenters. The van der Waals surface area contributed by atoms with E-state index in [1.165, 1.54) is 5.56 Å². The van der Waals surface area contributed by atoms with Crippen LogP contribution in [0.2, 0.25) is 0 Å². The van der Waals surface area contributed by atoms with E-state index in [0.717, 1.165) is 17.9 Å². The van der Waals surface area contributed by atoms with Crippen molar-refractivity contribution in [1.82, 2.24) is 10.2 Å². The predicted molar refractivity (Wildman–Crippen MR) is 123 cm³/mol. The van der Waals surface area contributed by atoms with Crippen molar-refractivity contribution in [1.29, 1.82) is 0 Å². The van der Waals surface area contributed by atoms with E-state index in [1.807, 2.05) is 42.2 Å². The van der Waals surface area contributed by atoms with Crippen molar-refractivity contribution in [2.45, 2.75) is 31.8 Å². The van der Waals surface area contributed by atoms with Crippen LogP contribution in [-0.2, 0) is 0 Å². The summed E-state index contributed by atoms with van der Waals surface area (Å²) in [6.07, 6.45) is 9.41. The molecule has 3 aliphatic carbocycles. The Morgan fingerprint density at radius 2 is 1.77 bits per heavy atom. The van der Waals surface area contributed by atoms with Crippen LogP contribution in [-0.4, -0.2) is 30.6 Å². The molecule has 1 aliphatic heterocycles. The largest absolute Gasteiger partial charge is 0.497 e. The summed E-state index contributed by atoms with van der Waals surface area (Å²) in [6.45, 7) is 5.00. The summed E-state index contributed by atoms with van der Waals surface area (Å²) >= 11 is 0. The normalized spacial score (nSPS) is 31.4. The second-order valence-corrected chi connectivity index (χ2v) is 9.11. The number of ether oxygens (including phenoxy) is 1. The molecule has 6 rings (SSSR count). The van der Waals surface area contributed by atoms with Crippen molar-refractivity contribution < 1.29 is 9.53 Å². The Morgan fingerprint density at radius 1 is 1.10 bits per heavy atom. The standard InChI is InChI=1S/C27H30N2O2/c1-18(20-7-5-4-6-8-20)28-26(30)29-17-24-25(21-9-11-23(31-3)12-10-21)22-13-15-27(24,16-14-22)19(29)2/h4-16,18-19,22,24-25H,17H2,1-3H3,(H,28,30)/t18-,19-,22?,24-,25+,27?/m0/s1. The second-order valence-electron chi connectivity index (χ2n) is 9.11. The Hall–Kier alpha value is -3.01. The first-order valence-electron chi connectivity index (χ1n) is 11.2. The van der Waals surface area contributed by atoms with Gasteiger partial charge >= 0.3 is 6.03 Å². The molecule has 1 saturated heterocycles. The summed E-state index contributed by atoms with van der Waals surface area (Å²) in [4.78, 5) is 15.4. The zero-order chi connectivity index (χ0) is 21.6. The predicted octanol–water partition coefficient (Wildman–Crippen LogP) is 5.31. The number of urea groups is 1. The highest BCUT2D eigenvalue weighted by atomic mass is 16.5. The molecule has 160 valence electrons. The topological polar surface area (TPSA) is 41.6 Å². The third-order valence-electron chi connectivity index (χ3n) is 7.69. The number of rotatable bonds is 4. The molecule has 2 bridgehead atoms. The van der Waals surface area contributed by atoms with Gasteiger partial charge in [-0.05, 0) is 48.9 Å². The van der Waals surface area contributed by atoms with E-state index in [4.69, 9.17) is 4.74 Å². The highest BCUT2D eigenvalue weighted by molar-refractivity contribution is 5.76. The van der Waals surface area contributed by atoms with Crippen LogP contribution in [0.5, 0.6) is 5.75 Å². The maximum atomic E-state index is 13.3. The van der Waals surface area contributed by atoms with Crippen LogP contribution in [0.4, 0.5) is 4.79 Å². The molecule has 4 nitrogen and oxygen atoms in total. The number of carbonyl (C=O) groups excluding carboxylic acids is 1. The number of nitrogens with one attached hydrogen (secondary N) is 1. The number of benzene rings is 2. The maximum absolute atomic E-state index is 13.3. The Morgan fingerprint density at radius 3 is 2.42 bits per heavy atom. The van der Waals surface area contributed by atoms with Gasteiger partial charge in [-0.15, -0.1) is 0 Å². The lowest BCUT2D eigenvalue weighted by molar-refractivity contribution is 0.182. The molecule has 1 fully saturated rings. The molecule has 1 N–H and O–H groups in total. The summed E-state index contributed by atoms with van der Waals surface area (Å²) in [5.41, 5.74) is 2.34.